The molecule has 2 saturated heterocycles. The summed E-state index contributed by atoms with van der Waals surface area (Å²) in [6.45, 7) is 6.33. The van der Waals surface area contributed by atoms with E-state index < -0.39 is 11.6 Å². The number of aromatic nitrogens is 1. The monoisotopic (exact) mass is 573 g/mol. The Kier molecular flexibility index (Phi) is 8.97. The molecule has 3 aromatic rings. The van der Waals surface area contributed by atoms with Crippen molar-refractivity contribution in [2.45, 2.75) is 32.0 Å². The first-order valence-corrected chi connectivity index (χ1v) is 13.9. The summed E-state index contributed by atoms with van der Waals surface area (Å²) >= 11 is 12.5. The summed E-state index contributed by atoms with van der Waals surface area (Å²) in [6, 6.07) is 13.6. The number of rotatable bonds is 7. The van der Waals surface area contributed by atoms with Crippen molar-refractivity contribution in [1.29, 1.82) is 0 Å². The SMILES string of the molecule is O=C(NCc1ccc(Cl)cc1)c1cnc(N2CCN(C3CCN(Cc4ccc(F)c(F)c4)CC3)CC2)c(Cl)c1. The van der Waals surface area contributed by atoms with Gasteiger partial charge in [-0.05, 0) is 67.4 Å². The average Bonchev–Trinajstić information content (AvgIpc) is 2.95. The second-order valence-electron chi connectivity index (χ2n) is 10.1. The van der Waals surface area contributed by atoms with Crippen molar-refractivity contribution >= 4 is 34.9 Å². The minimum Gasteiger partial charge on any atom is -0.353 e. The number of carbonyl (C=O) groups is 1. The molecule has 1 N–H and O–H groups in total. The number of piperazine rings is 1. The number of pyridine rings is 1. The lowest BCUT2D eigenvalue weighted by molar-refractivity contribution is 0.0950. The van der Waals surface area contributed by atoms with Crippen LogP contribution in [-0.4, -0.2) is 66.0 Å². The molecule has 10 heteroatoms. The summed E-state index contributed by atoms with van der Waals surface area (Å²) in [6.07, 6.45) is 3.67. The van der Waals surface area contributed by atoms with Crippen LogP contribution in [0.1, 0.15) is 34.3 Å². The van der Waals surface area contributed by atoms with Gasteiger partial charge in [-0.1, -0.05) is 41.4 Å². The van der Waals surface area contributed by atoms with Crippen molar-refractivity contribution in [3.05, 3.63) is 93.1 Å². The molecule has 5 rings (SSSR count). The van der Waals surface area contributed by atoms with Gasteiger partial charge in [0.1, 0.15) is 5.82 Å². The Bertz CT molecular complexity index is 1290. The van der Waals surface area contributed by atoms with Gasteiger partial charge in [-0.3, -0.25) is 14.6 Å². The molecule has 0 spiro atoms. The largest absolute Gasteiger partial charge is 0.353 e. The fourth-order valence-electron chi connectivity index (χ4n) is 5.31. The maximum absolute atomic E-state index is 13.5. The standard InChI is InChI=1S/C29H31Cl2F2N5O/c30-23-4-1-20(2-5-23)17-35-29(39)22-16-25(31)28(34-18-22)38-13-11-37(12-14-38)24-7-9-36(10-8-24)19-21-3-6-26(32)27(33)15-21/h1-6,15-16,18,24H,7-14,17,19H2,(H,35,39). The topological polar surface area (TPSA) is 51.7 Å². The van der Waals surface area contributed by atoms with E-state index in [1.165, 1.54) is 12.1 Å². The molecule has 3 heterocycles. The van der Waals surface area contributed by atoms with E-state index in [-0.39, 0.29) is 5.91 Å². The predicted molar refractivity (Wildman–Crippen MR) is 150 cm³/mol. The third-order valence-electron chi connectivity index (χ3n) is 7.53. The zero-order valence-electron chi connectivity index (χ0n) is 21.6. The van der Waals surface area contributed by atoms with Crippen LogP contribution in [-0.2, 0) is 13.1 Å². The van der Waals surface area contributed by atoms with Gasteiger partial charge in [0.15, 0.2) is 11.6 Å². The van der Waals surface area contributed by atoms with E-state index in [1.54, 1.807) is 30.5 Å². The molecule has 2 aliphatic rings. The van der Waals surface area contributed by atoms with Crippen LogP contribution in [0.4, 0.5) is 14.6 Å². The lowest BCUT2D eigenvalue weighted by Gasteiger charge is -2.43. The molecule has 39 heavy (non-hydrogen) atoms. The molecule has 0 aliphatic carbocycles. The molecule has 0 atom stereocenters. The van der Waals surface area contributed by atoms with Crippen LogP contribution in [0.15, 0.2) is 54.7 Å². The normalized spacial score (nSPS) is 17.4. The Morgan fingerprint density at radius 1 is 0.897 bits per heavy atom. The number of piperidine rings is 1. The van der Waals surface area contributed by atoms with Crippen molar-refractivity contribution in [3.63, 3.8) is 0 Å². The summed E-state index contributed by atoms with van der Waals surface area (Å²) in [5.41, 5.74) is 2.18. The van der Waals surface area contributed by atoms with E-state index in [4.69, 9.17) is 23.2 Å². The number of halogens is 4. The highest BCUT2D eigenvalue weighted by molar-refractivity contribution is 6.33. The number of nitrogens with one attached hydrogen (secondary N) is 1. The number of anilines is 1. The molecule has 0 radical (unpaired) electrons. The van der Waals surface area contributed by atoms with Gasteiger partial charge in [0.2, 0.25) is 0 Å². The molecule has 2 aromatic carbocycles. The maximum Gasteiger partial charge on any atom is 0.253 e. The molecule has 6 nitrogen and oxygen atoms in total. The summed E-state index contributed by atoms with van der Waals surface area (Å²) in [7, 11) is 0. The van der Waals surface area contributed by atoms with Gasteiger partial charge in [-0.25, -0.2) is 13.8 Å². The van der Waals surface area contributed by atoms with Gasteiger partial charge in [-0.15, -0.1) is 0 Å². The first-order valence-electron chi connectivity index (χ1n) is 13.2. The van der Waals surface area contributed by atoms with E-state index in [9.17, 15) is 13.6 Å². The smallest absolute Gasteiger partial charge is 0.253 e. The molecule has 2 fully saturated rings. The van der Waals surface area contributed by atoms with Crippen LogP contribution in [0.5, 0.6) is 0 Å². The van der Waals surface area contributed by atoms with E-state index in [0.717, 1.165) is 63.2 Å². The van der Waals surface area contributed by atoms with Crippen molar-refractivity contribution in [1.82, 2.24) is 20.1 Å². The van der Waals surface area contributed by atoms with E-state index in [0.29, 0.717) is 40.6 Å². The Balaban J connectivity index is 1.08. The second kappa shape index (κ2) is 12.6. The van der Waals surface area contributed by atoms with Crippen molar-refractivity contribution in [3.8, 4) is 0 Å². The van der Waals surface area contributed by atoms with Crippen LogP contribution < -0.4 is 10.2 Å². The lowest BCUT2D eigenvalue weighted by Crippen LogP contribution is -2.53. The molecule has 2 aliphatic heterocycles. The van der Waals surface area contributed by atoms with Gasteiger partial charge in [0.05, 0.1) is 10.6 Å². The minimum absolute atomic E-state index is 0.230. The fourth-order valence-corrected chi connectivity index (χ4v) is 5.72. The summed E-state index contributed by atoms with van der Waals surface area (Å²) in [5.74, 6) is -1.12. The molecule has 1 amide bonds. The molecule has 0 bridgehead atoms. The maximum atomic E-state index is 13.5. The number of amides is 1. The Labute approximate surface area is 237 Å². The zero-order chi connectivity index (χ0) is 27.4. The average molecular weight is 575 g/mol. The van der Waals surface area contributed by atoms with Gasteiger partial charge < -0.3 is 10.2 Å². The highest BCUT2D eigenvalue weighted by Gasteiger charge is 2.28. The van der Waals surface area contributed by atoms with Crippen molar-refractivity contribution < 1.29 is 13.6 Å². The van der Waals surface area contributed by atoms with Crippen LogP contribution >= 0.6 is 23.2 Å². The van der Waals surface area contributed by atoms with Crippen LogP contribution in [0.2, 0.25) is 10.0 Å². The highest BCUT2D eigenvalue weighted by Crippen LogP contribution is 2.27. The quantitative estimate of drug-likeness (QED) is 0.411. The number of hydrogen-bond acceptors (Lipinski definition) is 5. The van der Waals surface area contributed by atoms with Crippen molar-refractivity contribution in [2.24, 2.45) is 0 Å². The van der Waals surface area contributed by atoms with Gasteiger partial charge in [-0.2, -0.15) is 0 Å². The molecule has 0 saturated carbocycles. The van der Waals surface area contributed by atoms with Crippen LogP contribution in [0.25, 0.3) is 0 Å². The summed E-state index contributed by atoms with van der Waals surface area (Å²) < 4.78 is 26.7. The third kappa shape index (κ3) is 7.06. The number of carbonyl (C=O) groups excluding carboxylic acids is 1. The third-order valence-corrected chi connectivity index (χ3v) is 8.06. The predicted octanol–water partition coefficient (Wildman–Crippen LogP) is 5.38. The zero-order valence-corrected chi connectivity index (χ0v) is 23.1. The Morgan fingerprint density at radius 2 is 1.59 bits per heavy atom. The van der Waals surface area contributed by atoms with Gasteiger partial charge in [0, 0.05) is 56.5 Å². The number of likely N-dealkylation sites (tertiary alicyclic amines) is 1. The van der Waals surface area contributed by atoms with E-state index in [1.807, 2.05) is 12.1 Å². The minimum atomic E-state index is -0.806. The summed E-state index contributed by atoms with van der Waals surface area (Å²) in [5, 5.41) is 4.01. The molecule has 1 aromatic heterocycles. The second-order valence-corrected chi connectivity index (χ2v) is 11.0. The number of benzene rings is 2. The van der Waals surface area contributed by atoms with Gasteiger partial charge in [0.25, 0.3) is 5.91 Å². The van der Waals surface area contributed by atoms with E-state index >= 15 is 0 Å². The van der Waals surface area contributed by atoms with Gasteiger partial charge >= 0.3 is 0 Å². The lowest BCUT2D eigenvalue weighted by atomic mass is 10.0. The number of hydrogen-bond donors (Lipinski definition) is 1. The van der Waals surface area contributed by atoms with Crippen LogP contribution in [0.3, 0.4) is 0 Å². The first-order chi connectivity index (χ1) is 18.9. The van der Waals surface area contributed by atoms with E-state index in [2.05, 4.69) is 25.0 Å². The Morgan fingerprint density at radius 3 is 2.26 bits per heavy atom. The molecule has 206 valence electrons. The van der Waals surface area contributed by atoms with Crippen LogP contribution in [0, 0.1) is 11.6 Å². The molecular weight excluding hydrogens is 543 g/mol. The fraction of sp³-hybridized carbons (Fsp3) is 0.379. The first kappa shape index (κ1) is 27.8. The Hall–Kier alpha value is -2.78. The molecular formula is C29H31Cl2F2N5O. The molecule has 0 unspecified atom stereocenters. The number of nitrogens with zero attached hydrogens (tertiary/aromatic N) is 4. The van der Waals surface area contributed by atoms with Crippen molar-refractivity contribution in [2.75, 3.05) is 44.2 Å². The summed E-state index contributed by atoms with van der Waals surface area (Å²) in [4.78, 5) is 24.1. The highest BCUT2D eigenvalue weighted by atomic mass is 35.5.